The Balaban J connectivity index is 0.000000232. The summed E-state index contributed by atoms with van der Waals surface area (Å²) in [5, 5.41) is 1.14. The lowest BCUT2D eigenvalue weighted by atomic mass is 10.3. The number of nitrogens with zero attached hydrogens (tertiary/aromatic N) is 1. The molecule has 0 bridgehead atoms. The minimum absolute atomic E-state index is 0.0417. The SMILES string of the molecule is COc1ccc(S(=O)(=O)Cc2cccnc2)cc1Cl.COc1ccc(S(=O)(=O)Cl)cc1Cl.COc1ccccc1Cl. The highest BCUT2D eigenvalue weighted by Gasteiger charge is 2.17. The largest absolute Gasteiger partial charge is 0.495 e. The molecule has 41 heavy (non-hydrogen) atoms. The number of methoxy groups -OCH3 is 3. The lowest BCUT2D eigenvalue weighted by Gasteiger charge is -2.07. The number of sulfone groups is 1. The van der Waals surface area contributed by atoms with E-state index >= 15 is 0 Å². The normalized spacial score (nSPS) is 10.8. The van der Waals surface area contributed by atoms with Gasteiger partial charge in [0.1, 0.15) is 17.2 Å². The van der Waals surface area contributed by atoms with E-state index in [0.717, 1.165) is 5.75 Å². The van der Waals surface area contributed by atoms with Gasteiger partial charge in [0.2, 0.25) is 0 Å². The fourth-order valence-corrected chi connectivity index (χ4v) is 6.02. The van der Waals surface area contributed by atoms with Crippen molar-refractivity contribution < 1.29 is 31.0 Å². The van der Waals surface area contributed by atoms with E-state index in [1.165, 1.54) is 50.7 Å². The van der Waals surface area contributed by atoms with Gasteiger partial charge in [-0.05, 0) is 60.2 Å². The number of benzene rings is 3. The Morgan fingerprint density at radius 2 is 1.17 bits per heavy atom. The highest BCUT2D eigenvalue weighted by Crippen LogP contribution is 2.29. The van der Waals surface area contributed by atoms with E-state index in [9.17, 15) is 16.8 Å². The molecule has 0 aliphatic heterocycles. The average molecular weight is 681 g/mol. The molecule has 3 aromatic carbocycles. The third-order valence-electron chi connectivity index (χ3n) is 5.02. The van der Waals surface area contributed by atoms with E-state index < -0.39 is 18.9 Å². The number of para-hydroxylation sites is 1. The van der Waals surface area contributed by atoms with E-state index in [-0.39, 0.29) is 25.6 Å². The fourth-order valence-electron chi connectivity index (χ4n) is 3.04. The van der Waals surface area contributed by atoms with Gasteiger partial charge in [0.15, 0.2) is 9.84 Å². The third-order valence-corrected chi connectivity index (χ3v) is 8.96. The van der Waals surface area contributed by atoms with Crippen molar-refractivity contribution in [3.63, 3.8) is 0 Å². The van der Waals surface area contributed by atoms with Crippen LogP contribution >= 0.6 is 45.5 Å². The number of pyridine rings is 1. The predicted molar refractivity (Wildman–Crippen MR) is 162 cm³/mol. The fraction of sp³-hybridized carbons (Fsp3) is 0.148. The van der Waals surface area contributed by atoms with Gasteiger partial charge in [-0.15, -0.1) is 0 Å². The van der Waals surface area contributed by atoms with Crippen LogP contribution < -0.4 is 14.2 Å². The molecule has 0 N–H and O–H groups in total. The maximum absolute atomic E-state index is 12.2. The molecule has 1 aromatic heterocycles. The van der Waals surface area contributed by atoms with Crippen LogP contribution in [0.5, 0.6) is 17.2 Å². The van der Waals surface area contributed by atoms with Gasteiger partial charge >= 0.3 is 0 Å². The van der Waals surface area contributed by atoms with Gasteiger partial charge in [-0.1, -0.05) is 53.0 Å². The smallest absolute Gasteiger partial charge is 0.261 e. The number of hydrogen-bond acceptors (Lipinski definition) is 8. The Morgan fingerprint density at radius 1 is 0.659 bits per heavy atom. The Hall–Kier alpha value is -2.73. The molecule has 0 unspecified atom stereocenters. The maximum Gasteiger partial charge on any atom is 0.261 e. The molecular weight excluding hydrogens is 656 g/mol. The summed E-state index contributed by atoms with van der Waals surface area (Å²) in [5.41, 5.74) is 0.634. The van der Waals surface area contributed by atoms with Crippen molar-refractivity contribution in [3.05, 3.63) is 106 Å². The van der Waals surface area contributed by atoms with Crippen molar-refractivity contribution in [2.45, 2.75) is 15.5 Å². The standard InChI is InChI=1S/C13H12ClNO3S.C7H6Cl2O3S.C7H7ClO/c1-18-13-5-4-11(7-12(13)14)19(16,17)9-10-3-2-6-15-8-10;1-12-7-3-2-5(4-6(7)8)13(9,10)11;1-9-7-5-3-2-4-6(7)8/h2-8H,9H2,1H3;2-4H,1H3;2-5H,1H3. The number of rotatable bonds is 7. The first-order valence-electron chi connectivity index (χ1n) is 11.3. The second-order valence-corrected chi connectivity index (χ2v) is 13.6. The van der Waals surface area contributed by atoms with Crippen molar-refractivity contribution in [2.24, 2.45) is 0 Å². The van der Waals surface area contributed by atoms with Gasteiger partial charge in [0, 0.05) is 23.1 Å². The van der Waals surface area contributed by atoms with Crippen molar-refractivity contribution in [1.82, 2.24) is 4.98 Å². The minimum Gasteiger partial charge on any atom is -0.495 e. The third kappa shape index (κ3) is 10.9. The molecule has 4 rings (SSSR count). The van der Waals surface area contributed by atoms with Crippen LogP contribution in [0.15, 0.2) is 95.0 Å². The van der Waals surface area contributed by atoms with Crippen LogP contribution in [0.3, 0.4) is 0 Å². The first-order chi connectivity index (χ1) is 19.3. The molecule has 4 aromatic rings. The lowest BCUT2D eigenvalue weighted by molar-refractivity contribution is 0.414. The summed E-state index contributed by atoms with van der Waals surface area (Å²) in [6, 6.07) is 19.2. The Kier molecular flexibility index (Phi) is 13.5. The molecule has 1 heterocycles. The molecule has 8 nitrogen and oxygen atoms in total. The minimum atomic E-state index is -3.72. The molecule has 0 fully saturated rings. The van der Waals surface area contributed by atoms with Crippen LogP contribution in [0, 0.1) is 0 Å². The number of halogens is 4. The van der Waals surface area contributed by atoms with Crippen LogP contribution in [0.1, 0.15) is 5.56 Å². The molecule has 0 saturated heterocycles. The van der Waals surface area contributed by atoms with Crippen molar-refractivity contribution in [1.29, 1.82) is 0 Å². The topological polar surface area (TPSA) is 109 Å². The molecular formula is C27H25Cl4NO7S2. The summed E-state index contributed by atoms with van der Waals surface area (Å²) in [6.45, 7) is 0. The highest BCUT2D eigenvalue weighted by atomic mass is 35.7. The number of aromatic nitrogens is 1. The van der Waals surface area contributed by atoms with Crippen LogP contribution in [0.25, 0.3) is 0 Å². The first kappa shape index (κ1) is 34.5. The zero-order chi connectivity index (χ0) is 30.6. The van der Waals surface area contributed by atoms with E-state index in [0.29, 0.717) is 22.1 Å². The van der Waals surface area contributed by atoms with Crippen molar-refractivity contribution in [3.8, 4) is 17.2 Å². The van der Waals surface area contributed by atoms with Gasteiger partial charge in [-0.2, -0.15) is 0 Å². The van der Waals surface area contributed by atoms with Gasteiger partial charge < -0.3 is 14.2 Å². The maximum atomic E-state index is 12.2. The van der Waals surface area contributed by atoms with Crippen LogP contribution in [0.4, 0.5) is 0 Å². The zero-order valence-electron chi connectivity index (χ0n) is 21.9. The monoisotopic (exact) mass is 679 g/mol. The van der Waals surface area contributed by atoms with Crippen LogP contribution in [0.2, 0.25) is 15.1 Å². The van der Waals surface area contributed by atoms with Gasteiger partial charge in [0.25, 0.3) is 9.05 Å². The van der Waals surface area contributed by atoms with E-state index in [1.54, 1.807) is 37.6 Å². The highest BCUT2D eigenvalue weighted by molar-refractivity contribution is 8.13. The van der Waals surface area contributed by atoms with Crippen LogP contribution in [-0.4, -0.2) is 43.1 Å². The molecule has 0 aliphatic rings. The molecule has 0 radical (unpaired) electrons. The van der Waals surface area contributed by atoms with Crippen molar-refractivity contribution >= 4 is 64.4 Å². The number of hydrogen-bond donors (Lipinski definition) is 0. The molecule has 14 heteroatoms. The molecule has 0 atom stereocenters. The Bertz CT molecular complexity index is 1650. The quantitative estimate of drug-likeness (QED) is 0.187. The summed E-state index contributed by atoms with van der Waals surface area (Å²) in [4.78, 5) is 4.02. The summed E-state index contributed by atoms with van der Waals surface area (Å²) in [6.07, 6.45) is 3.13. The molecule has 220 valence electrons. The number of ether oxygens (including phenoxy) is 3. The molecule has 0 amide bonds. The lowest BCUT2D eigenvalue weighted by Crippen LogP contribution is -2.05. The second-order valence-electron chi connectivity index (χ2n) is 7.79. The molecule has 0 aliphatic carbocycles. The summed E-state index contributed by atoms with van der Waals surface area (Å²) in [7, 11) is 2.46. The first-order valence-corrected chi connectivity index (χ1v) is 16.4. The molecule has 0 spiro atoms. The Labute approximate surface area is 259 Å². The summed E-state index contributed by atoms with van der Waals surface area (Å²) >= 11 is 17.3. The van der Waals surface area contributed by atoms with Gasteiger partial charge in [-0.25, -0.2) is 16.8 Å². The average Bonchev–Trinajstić information content (AvgIpc) is 2.94. The van der Waals surface area contributed by atoms with Crippen LogP contribution in [-0.2, 0) is 24.6 Å². The molecule has 0 saturated carbocycles. The summed E-state index contributed by atoms with van der Waals surface area (Å²) in [5.74, 6) is 1.47. The van der Waals surface area contributed by atoms with Crippen molar-refractivity contribution in [2.75, 3.05) is 21.3 Å². The summed E-state index contributed by atoms with van der Waals surface area (Å²) < 4.78 is 60.9. The van der Waals surface area contributed by atoms with Gasteiger partial charge in [0.05, 0.1) is 51.9 Å². The van der Waals surface area contributed by atoms with E-state index in [4.69, 9.17) is 59.7 Å². The van der Waals surface area contributed by atoms with E-state index in [1.807, 2.05) is 18.2 Å². The van der Waals surface area contributed by atoms with Gasteiger partial charge in [-0.3, -0.25) is 4.98 Å². The zero-order valence-corrected chi connectivity index (χ0v) is 26.6. The van der Waals surface area contributed by atoms with E-state index in [2.05, 4.69) is 4.98 Å². The second kappa shape index (κ2) is 16.1. The Morgan fingerprint density at radius 3 is 1.61 bits per heavy atom. The predicted octanol–water partition coefficient (Wildman–Crippen LogP) is 7.34.